The molecule has 2 aromatic rings. The van der Waals surface area contributed by atoms with Gasteiger partial charge in [-0.1, -0.05) is 12.1 Å². The summed E-state index contributed by atoms with van der Waals surface area (Å²) in [6.07, 6.45) is -0.393. The van der Waals surface area contributed by atoms with Crippen molar-refractivity contribution in [1.82, 2.24) is 0 Å². The summed E-state index contributed by atoms with van der Waals surface area (Å²) < 4.78 is 4.90. The lowest BCUT2D eigenvalue weighted by molar-refractivity contribution is 0.102. The van der Waals surface area contributed by atoms with Crippen LogP contribution in [0, 0.1) is 11.3 Å². The molecule has 0 saturated carbocycles. The Balaban J connectivity index is 1.79. The molecule has 1 saturated heterocycles. The molecule has 0 atom stereocenters. The van der Waals surface area contributed by atoms with Crippen molar-refractivity contribution < 1.29 is 14.3 Å². The quantitative estimate of drug-likeness (QED) is 0.945. The molecule has 0 bridgehead atoms. The molecule has 2 amide bonds. The minimum atomic E-state index is -0.393. The van der Waals surface area contributed by atoms with E-state index in [0.717, 1.165) is 0 Å². The van der Waals surface area contributed by atoms with Gasteiger partial charge in [0.15, 0.2) is 0 Å². The Morgan fingerprint density at radius 1 is 1.22 bits per heavy atom. The normalized spacial score (nSPS) is 13.3. The first-order valence-corrected chi connectivity index (χ1v) is 7.03. The average Bonchev–Trinajstić information content (AvgIpc) is 3.01. The van der Waals surface area contributed by atoms with E-state index in [1.54, 1.807) is 42.5 Å². The van der Waals surface area contributed by atoms with Crippen LogP contribution in [0.1, 0.15) is 15.9 Å². The molecular formula is C17H13N3O3. The van der Waals surface area contributed by atoms with Gasteiger partial charge in [0.05, 0.1) is 18.2 Å². The number of nitrogens with zero attached hydrogens (tertiary/aromatic N) is 2. The maximum atomic E-state index is 12.3. The Morgan fingerprint density at radius 3 is 2.78 bits per heavy atom. The Labute approximate surface area is 132 Å². The zero-order chi connectivity index (χ0) is 16.2. The first-order valence-electron chi connectivity index (χ1n) is 7.03. The number of amides is 2. The predicted octanol–water partition coefficient (Wildman–Crippen LogP) is 2.77. The van der Waals surface area contributed by atoms with Crippen LogP contribution in [-0.4, -0.2) is 25.2 Å². The minimum absolute atomic E-state index is 0.316. The van der Waals surface area contributed by atoms with E-state index in [0.29, 0.717) is 35.7 Å². The molecule has 6 heteroatoms. The number of rotatable bonds is 3. The topological polar surface area (TPSA) is 82.4 Å². The molecule has 6 nitrogen and oxygen atoms in total. The zero-order valence-corrected chi connectivity index (χ0v) is 12.2. The van der Waals surface area contributed by atoms with Gasteiger partial charge >= 0.3 is 6.09 Å². The largest absolute Gasteiger partial charge is 0.447 e. The van der Waals surface area contributed by atoms with E-state index in [-0.39, 0.29) is 5.91 Å². The van der Waals surface area contributed by atoms with Crippen LogP contribution in [0.3, 0.4) is 0 Å². The fraction of sp³-hybridized carbons (Fsp3) is 0.118. The van der Waals surface area contributed by atoms with E-state index in [9.17, 15) is 9.59 Å². The van der Waals surface area contributed by atoms with Gasteiger partial charge in [-0.05, 0) is 36.4 Å². The van der Waals surface area contributed by atoms with Crippen molar-refractivity contribution in [2.24, 2.45) is 0 Å². The van der Waals surface area contributed by atoms with Gasteiger partial charge in [-0.2, -0.15) is 5.26 Å². The lowest BCUT2D eigenvalue weighted by atomic mass is 10.1. The Morgan fingerprint density at radius 2 is 2.04 bits per heavy atom. The van der Waals surface area contributed by atoms with Gasteiger partial charge in [-0.15, -0.1) is 0 Å². The summed E-state index contributed by atoms with van der Waals surface area (Å²) in [5.41, 5.74) is 2.05. The van der Waals surface area contributed by atoms with Gasteiger partial charge in [-0.3, -0.25) is 9.69 Å². The number of carbonyl (C=O) groups is 2. The van der Waals surface area contributed by atoms with Crippen molar-refractivity contribution >= 4 is 23.4 Å². The highest BCUT2D eigenvalue weighted by Gasteiger charge is 2.23. The second-order valence-corrected chi connectivity index (χ2v) is 4.96. The smallest absolute Gasteiger partial charge is 0.414 e. The van der Waals surface area contributed by atoms with Crippen molar-refractivity contribution in [2.45, 2.75) is 0 Å². The number of nitriles is 1. The van der Waals surface area contributed by atoms with Gasteiger partial charge in [0.2, 0.25) is 0 Å². The van der Waals surface area contributed by atoms with Crippen molar-refractivity contribution in [3.63, 3.8) is 0 Å². The lowest BCUT2D eigenvalue weighted by Gasteiger charge is -2.14. The van der Waals surface area contributed by atoms with Crippen LogP contribution in [0.25, 0.3) is 0 Å². The molecule has 114 valence electrons. The number of benzene rings is 2. The highest BCUT2D eigenvalue weighted by molar-refractivity contribution is 6.04. The van der Waals surface area contributed by atoms with E-state index in [1.165, 1.54) is 11.0 Å². The third kappa shape index (κ3) is 3.14. The number of hydrogen-bond donors (Lipinski definition) is 1. The molecule has 0 aliphatic carbocycles. The number of carbonyl (C=O) groups excluding carboxylic acids is 2. The Hall–Kier alpha value is -3.33. The Kier molecular flexibility index (Phi) is 3.93. The van der Waals surface area contributed by atoms with Gasteiger partial charge in [0, 0.05) is 16.9 Å². The van der Waals surface area contributed by atoms with Crippen molar-refractivity contribution in [2.75, 3.05) is 23.4 Å². The summed E-state index contributed by atoms with van der Waals surface area (Å²) >= 11 is 0. The van der Waals surface area contributed by atoms with Crippen molar-refractivity contribution in [3.05, 3.63) is 59.7 Å². The van der Waals surface area contributed by atoms with Crippen LogP contribution >= 0.6 is 0 Å². The van der Waals surface area contributed by atoms with E-state index in [1.807, 2.05) is 6.07 Å². The van der Waals surface area contributed by atoms with Crippen LogP contribution in [0.5, 0.6) is 0 Å². The second kappa shape index (κ2) is 6.20. The third-order valence-corrected chi connectivity index (χ3v) is 3.43. The SMILES string of the molecule is N#Cc1cccc(C(=O)Nc2cccc(N3CCOC3=O)c2)c1. The maximum absolute atomic E-state index is 12.3. The van der Waals surface area contributed by atoms with E-state index in [2.05, 4.69) is 5.32 Å². The zero-order valence-electron chi connectivity index (χ0n) is 12.2. The summed E-state index contributed by atoms with van der Waals surface area (Å²) in [5, 5.41) is 11.6. The highest BCUT2D eigenvalue weighted by Crippen LogP contribution is 2.22. The third-order valence-electron chi connectivity index (χ3n) is 3.43. The molecule has 1 heterocycles. The fourth-order valence-corrected chi connectivity index (χ4v) is 2.31. The van der Waals surface area contributed by atoms with E-state index >= 15 is 0 Å². The molecule has 1 fully saturated rings. The van der Waals surface area contributed by atoms with Gasteiger partial charge < -0.3 is 10.1 Å². The molecular weight excluding hydrogens is 294 g/mol. The first kappa shape index (κ1) is 14.6. The summed E-state index contributed by atoms with van der Waals surface area (Å²) in [4.78, 5) is 25.3. The molecule has 0 unspecified atom stereocenters. The molecule has 2 aromatic carbocycles. The van der Waals surface area contributed by atoms with Crippen molar-refractivity contribution in [3.8, 4) is 6.07 Å². The summed E-state index contributed by atoms with van der Waals surface area (Å²) in [6.45, 7) is 0.844. The first-order chi connectivity index (χ1) is 11.2. The number of ether oxygens (including phenoxy) is 1. The lowest BCUT2D eigenvalue weighted by Crippen LogP contribution is -2.23. The van der Waals surface area contributed by atoms with Crippen molar-refractivity contribution in [1.29, 1.82) is 5.26 Å². The van der Waals surface area contributed by atoms with E-state index < -0.39 is 6.09 Å². The molecule has 3 rings (SSSR count). The summed E-state index contributed by atoms with van der Waals surface area (Å²) in [7, 11) is 0. The van der Waals surface area contributed by atoms with Crippen LogP contribution in [0.15, 0.2) is 48.5 Å². The average molecular weight is 307 g/mol. The molecule has 0 radical (unpaired) electrons. The van der Waals surface area contributed by atoms with Crippen LogP contribution in [0.4, 0.5) is 16.2 Å². The fourth-order valence-electron chi connectivity index (χ4n) is 2.31. The monoisotopic (exact) mass is 307 g/mol. The van der Waals surface area contributed by atoms with Gasteiger partial charge in [-0.25, -0.2) is 4.79 Å². The second-order valence-electron chi connectivity index (χ2n) is 4.96. The highest BCUT2D eigenvalue weighted by atomic mass is 16.6. The maximum Gasteiger partial charge on any atom is 0.414 e. The Bertz CT molecular complexity index is 811. The summed E-state index contributed by atoms with van der Waals surface area (Å²) in [5.74, 6) is -0.316. The van der Waals surface area contributed by atoms with E-state index in [4.69, 9.17) is 10.00 Å². The molecule has 1 N–H and O–H groups in total. The number of cyclic esters (lactones) is 1. The molecule has 1 aliphatic heterocycles. The summed E-state index contributed by atoms with van der Waals surface area (Å²) in [6, 6.07) is 15.4. The van der Waals surface area contributed by atoms with Crippen LogP contribution < -0.4 is 10.2 Å². The van der Waals surface area contributed by atoms with Gasteiger partial charge in [0.1, 0.15) is 6.61 Å². The van der Waals surface area contributed by atoms with Crippen LogP contribution in [0.2, 0.25) is 0 Å². The predicted molar refractivity (Wildman–Crippen MR) is 84.2 cm³/mol. The molecule has 0 aromatic heterocycles. The number of hydrogen-bond acceptors (Lipinski definition) is 4. The standard InChI is InChI=1S/C17H13N3O3/c18-11-12-3-1-4-13(9-12)16(21)19-14-5-2-6-15(10-14)20-7-8-23-17(20)22/h1-6,9-10H,7-8H2,(H,19,21). The van der Waals surface area contributed by atoms with Crippen LogP contribution in [-0.2, 0) is 4.74 Å². The van der Waals surface area contributed by atoms with Gasteiger partial charge in [0.25, 0.3) is 5.91 Å². The number of anilines is 2. The molecule has 23 heavy (non-hydrogen) atoms. The molecule has 1 aliphatic rings. The number of nitrogens with one attached hydrogen (secondary N) is 1. The molecule has 0 spiro atoms. The minimum Gasteiger partial charge on any atom is -0.447 e.